The van der Waals surface area contributed by atoms with Crippen molar-refractivity contribution in [2.24, 2.45) is 0 Å². The minimum absolute atomic E-state index is 0.213. The van der Waals surface area contributed by atoms with Gasteiger partial charge in [-0.1, -0.05) is 36.4 Å². The van der Waals surface area contributed by atoms with Gasteiger partial charge in [0.05, 0.1) is 5.69 Å². The van der Waals surface area contributed by atoms with Crippen LogP contribution in [0.15, 0.2) is 66.9 Å². The Kier molecular flexibility index (Phi) is 4.52. The van der Waals surface area contributed by atoms with Crippen molar-refractivity contribution in [1.82, 2.24) is 15.5 Å². The third kappa shape index (κ3) is 3.17. The Hall–Kier alpha value is -3.18. The fraction of sp³-hybridized carbons (Fsp3) is 0.167. The largest absolute Gasteiger partial charge is 0.313 e. The van der Waals surface area contributed by atoms with Crippen LogP contribution in [0.3, 0.4) is 0 Å². The SMILES string of the molecule is Fc1cc2c(cc1-c1cccnn1)CNCCC2c1ccc2ccccc2c1F. The smallest absolute Gasteiger partial charge is 0.134 e. The molecule has 144 valence electrons. The molecule has 5 rings (SSSR count). The Morgan fingerprint density at radius 2 is 1.83 bits per heavy atom. The van der Waals surface area contributed by atoms with E-state index in [0.29, 0.717) is 35.2 Å². The first-order chi connectivity index (χ1) is 14.2. The van der Waals surface area contributed by atoms with Gasteiger partial charge in [-0.2, -0.15) is 10.2 Å². The highest BCUT2D eigenvalue weighted by Gasteiger charge is 2.25. The first-order valence-corrected chi connectivity index (χ1v) is 9.70. The Balaban J connectivity index is 1.66. The van der Waals surface area contributed by atoms with Crippen molar-refractivity contribution in [2.45, 2.75) is 18.9 Å². The quantitative estimate of drug-likeness (QED) is 0.514. The summed E-state index contributed by atoms with van der Waals surface area (Å²) in [4.78, 5) is 0. The minimum Gasteiger partial charge on any atom is -0.313 e. The maximum Gasteiger partial charge on any atom is 0.134 e. The van der Waals surface area contributed by atoms with E-state index in [-0.39, 0.29) is 17.6 Å². The molecule has 0 saturated carbocycles. The number of hydrogen-bond acceptors (Lipinski definition) is 3. The summed E-state index contributed by atoms with van der Waals surface area (Å²) in [5.74, 6) is -0.799. The second-order valence-electron chi connectivity index (χ2n) is 7.35. The predicted molar refractivity (Wildman–Crippen MR) is 109 cm³/mol. The molecule has 0 amide bonds. The van der Waals surface area contributed by atoms with E-state index in [0.717, 1.165) is 23.1 Å². The van der Waals surface area contributed by atoms with Crippen LogP contribution in [-0.2, 0) is 6.54 Å². The summed E-state index contributed by atoms with van der Waals surface area (Å²) in [6.07, 6.45) is 2.26. The zero-order chi connectivity index (χ0) is 19.8. The molecule has 1 N–H and O–H groups in total. The number of benzene rings is 3. The van der Waals surface area contributed by atoms with Crippen LogP contribution in [0.5, 0.6) is 0 Å². The molecule has 1 unspecified atom stereocenters. The van der Waals surface area contributed by atoms with Gasteiger partial charge >= 0.3 is 0 Å². The maximum atomic E-state index is 15.4. The standard InChI is InChI=1S/C24H19F2N3/c25-22-13-20-16(12-21(22)23-6-3-10-28-29-23)14-27-11-9-18(20)19-8-7-15-4-1-2-5-17(15)24(19)26/h1-8,10,12-13,18,27H,9,11,14H2. The van der Waals surface area contributed by atoms with Crippen LogP contribution in [0.1, 0.15) is 29.0 Å². The molecule has 0 spiro atoms. The molecule has 2 heterocycles. The fourth-order valence-corrected chi connectivity index (χ4v) is 4.22. The summed E-state index contributed by atoms with van der Waals surface area (Å²) in [5, 5.41) is 12.7. The lowest BCUT2D eigenvalue weighted by Gasteiger charge is -2.20. The first kappa shape index (κ1) is 17.9. The van der Waals surface area contributed by atoms with Crippen molar-refractivity contribution >= 4 is 10.8 Å². The number of nitrogens with zero attached hydrogens (tertiary/aromatic N) is 2. The predicted octanol–water partition coefficient (Wildman–Crippen LogP) is 5.20. The Morgan fingerprint density at radius 1 is 0.931 bits per heavy atom. The molecule has 1 aliphatic heterocycles. The molecule has 0 saturated heterocycles. The van der Waals surface area contributed by atoms with Crippen molar-refractivity contribution < 1.29 is 8.78 Å². The number of halogens is 2. The van der Waals surface area contributed by atoms with Gasteiger partial charge < -0.3 is 5.32 Å². The number of nitrogens with one attached hydrogen (secondary N) is 1. The second kappa shape index (κ2) is 7.33. The van der Waals surface area contributed by atoms with Crippen LogP contribution >= 0.6 is 0 Å². The van der Waals surface area contributed by atoms with Crippen molar-refractivity contribution in [3.05, 3.63) is 95.2 Å². The third-order valence-electron chi connectivity index (χ3n) is 5.65. The minimum atomic E-state index is -0.364. The second-order valence-corrected chi connectivity index (χ2v) is 7.35. The van der Waals surface area contributed by atoms with E-state index in [1.165, 1.54) is 0 Å². The zero-order valence-electron chi connectivity index (χ0n) is 15.7. The number of fused-ring (bicyclic) bond motifs is 2. The first-order valence-electron chi connectivity index (χ1n) is 9.70. The van der Waals surface area contributed by atoms with Crippen LogP contribution in [0, 0.1) is 11.6 Å². The van der Waals surface area contributed by atoms with E-state index in [4.69, 9.17) is 0 Å². The van der Waals surface area contributed by atoms with Gasteiger partial charge in [-0.15, -0.1) is 0 Å². The highest BCUT2D eigenvalue weighted by molar-refractivity contribution is 5.84. The van der Waals surface area contributed by atoms with Gasteiger partial charge in [0.15, 0.2) is 0 Å². The maximum absolute atomic E-state index is 15.4. The van der Waals surface area contributed by atoms with Crippen LogP contribution in [-0.4, -0.2) is 16.7 Å². The lowest BCUT2D eigenvalue weighted by atomic mass is 9.84. The van der Waals surface area contributed by atoms with Crippen molar-refractivity contribution in [2.75, 3.05) is 6.54 Å². The lowest BCUT2D eigenvalue weighted by molar-refractivity contribution is 0.585. The van der Waals surface area contributed by atoms with Crippen molar-refractivity contribution in [3.8, 4) is 11.3 Å². The molecule has 1 aromatic heterocycles. The topological polar surface area (TPSA) is 37.8 Å². The summed E-state index contributed by atoms with van der Waals surface area (Å²) in [6.45, 7) is 1.34. The van der Waals surface area contributed by atoms with E-state index in [2.05, 4.69) is 15.5 Å². The fourth-order valence-electron chi connectivity index (χ4n) is 4.22. The molecule has 0 aliphatic carbocycles. The lowest BCUT2D eigenvalue weighted by Crippen LogP contribution is -2.13. The Bertz CT molecular complexity index is 1190. The van der Waals surface area contributed by atoms with Gasteiger partial charge in [-0.05, 0) is 59.3 Å². The highest BCUT2D eigenvalue weighted by Crippen LogP contribution is 2.38. The molecule has 0 radical (unpaired) electrons. The third-order valence-corrected chi connectivity index (χ3v) is 5.65. The summed E-state index contributed by atoms with van der Waals surface area (Å²) < 4.78 is 30.4. The normalized spacial score (nSPS) is 16.4. The van der Waals surface area contributed by atoms with Crippen LogP contribution < -0.4 is 5.32 Å². The highest BCUT2D eigenvalue weighted by atomic mass is 19.1. The molecule has 0 fully saturated rings. The van der Waals surface area contributed by atoms with Crippen molar-refractivity contribution in [3.63, 3.8) is 0 Å². The van der Waals surface area contributed by atoms with Gasteiger partial charge in [0.1, 0.15) is 11.6 Å². The van der Waals surface area contributed by atoms with E-state index >= 15 is 8.78 Å². The van der Waals surface area contributed by atoms with E-state index in [1.807, 2.05) is 36.4 Å². The summed E-state index contributed by atoms with van der Waals surface area (Å²) >= 11 is 0. The summed E-state index contributed by atoms with van der Waals surface area (Å²) in [5.41, 5.74) is 3.31. The van der Waals surface area contributed by atoms with Gasteiger partial charge in [0.25, 0.3) is 0 Å². The zero-order valence-corrected chi connectivity index (χ0v) is 15.7. The van der Waals surface area contributed by atoms with Crippen molar-refractivity contribution in [1.29, 1.82) is 0 Å². The van der Waals surface area contributed by atoms with E-state index in [1.54, 1.807) is 30.5 Å². The van der Waals surface area contributed by atoms with Gasteiger partial charge in [0.2, 0.25) is 0 Å². The van der Waals surface area contributed by atoms with Gasteiger partial charge in [-0.25, -0.2) is 8.78 Å². The molecular formula is C24H19F2N3. The average Bonchev–Trinajstić information content (AvgIpc) is 2.96. The van der Waals surface area contributed by atoms with Crippen LogP contribution in [0.25, 0.3) is 22.0 Å². The van der Waals surface area contributed by atoms with E-state index in [9.17, 15) is 0 Å². The molecule has 5 heteroatoms. The van der Waals surface area contributed by atoms with Crippen LogP contribution in [0.2, 0.25) is 0 Å². The molecule has 1 aliphatic rings. The summed E-state index contributed by atoms with van der Waals surface area (Å²) in [7, 11) is 0. The molecule has 3 aromatic carbocycles. The van der Waals surface area contributed by atoms with Gasteiger partial charge in [-0.3, -0.25) is 0 Å². The average molecular weight is 387 g/mol. The van der Waals surface area contributed by atoms with Gasteiger partial charge in [0, 0.05) is 29.6 Å². The number of hydrogen-bond donors (Lipinski definition) is 1. The molecule has 0 bridgehead atoms. The molecule has 29 heavy (non-hydrogen) atoms. The van der Waals surface area contributed by atoms with Crippen LogP contribution in [0.4, 0.5) is 8.78 Å². The molecule has 1 atom stereocenters. The molecule has 4 aromatic rings. The summed E-state index contributed by atoms with van der Waals surface area (Å²) in [6, 6.07) is 18.0. The molecule has 3 nitrogen and oxygen atoms in total. The monoisotopic (exact) mass is 387 g/mol. The Morgan fingerprint density at radius 3 is 2.69 bits per heavy atom. The van der Waals surface area contributed by atoms with E-state index < -0.39 is 0 Å². The number of aromatic nitrogens is 2. The Labute approximate surface area is 167 Å². The molecular weight excluding hydrogens is 368 g/mol. The number of rotatable bonds is 2.